The Balaban J connectivity index is 2.04. The zero-order chi connectivity index (χ0) is 9.26. The van der Waals surface area contributed by atoms with Gasteiger partial charge in [-0.05, 0) is 30.0 Å². The third-order valence-electron chi connectivity index (χ3n) is 2.49. The fourth-order valence-electron chi connectivity index (χ4n) is 1.52. The Bertz CT molecular complexity index is 294. The highest BCUT2D eigenvalue weighted by Crippen LogP contribution is 2.37. The van der Waals surface area contributed by atoms with Gasteiger partial charge in [-0.3, -0.25) is 0 Å². The van der Waals surface area contributed by atoms with Crippen molar-refractivity contribution in [1.82, 2.24) is 0 Å². The Morgan fingerprint density at radius 1 is 1.46 bits per heavy atom. The summed E-state index contributed by atoms with van der Waals surface area (Å²) in [4.78, 5) is 0. The first kappa shape index (κ1) is 9.04. The van der Waals surface area contributed by atoms with Crippen LogP contribution < -0.4 is 0 Å². The quantitative estimate of drug-likeness (QED) is 0.788. The third-order valence-corrected chi connectivity index (χ3v) is 2.72. The van der Waals surface area contributed by atoms with Gasteiger partial charge < -0.3 is 5.11 Å². The summed E-state index contributed by atoms with van der Waals surface area (Å²) in [5.41, 5.74) is 0.944. The minimum atomic E-state index is -0.328. The highest BCUT2D eigenvalue weighted by molar-refractivity contribution is 6.30. The van der Waals surface area contributed by atoms with Crippen LogP contribution in [0.25, 0.3) is 0 Å². The highest BCUT2D eigenvalue weighted by Gasteiger charge is 2.25. The standard InChI is InChI=1S/C11H13ClO/c12-10-3-1-2-9(7-10)11(13)6-8-4-5-8/h1-3,7-8,11,13H,4-6H2/t11-/m0/s1. The molecule has 0 bridgehead atoms. The lowest BCUT2D eigenvalue weighted by molar-refractivity contribution is 0.160. The average molecular weight is 197 g/mol. The van der Waals surface area contributed by atoms with Crippen LogP contribution in [0.3, 0.4) is 0 Å². The van der Waals surface area contributed by atoms with Crippen LogP contribution in [0.1, 0.15) is 30.9 Å². The van der Waals surface area contributed by atoms with Gasteiger partial charge in [0.25, 0.3) is 0 Å². The third kappa shape index (κ3) is 2.45. The molecule has 0 radical (unpaired) electrons. The van der Waals surface area contributed by atoms with Gasteiger partial charge in [0.2, 0.25) is 0 Å². The van der Waals surface area contributed by atoms with Crippen LogP contribution in [0.2, 0.25) is 5.02 Å². The number of rotatable bonds is 3. The van der Waals surface area contributed by atoms with Crippen LogP contribution in [-0.4, -0.2) is 5.11 Å². The molecule has 1 aliphatic rings. The Labute approximate surface area is 83.3 Å². The van der Waals surface area contributed by atoms with Crippen molar-refractivity contribution >= 4 is 11.6 Å². The SMILES string of the molecule is O[C@@H](CC1CC1)c1cccc(Cl)c1. The zero-order valence-corrected chi connectivity index (χ0v) is 8.17. The molecule has 70 valence electrons. The number of hydrogen-bond acceptors (Lipinski definition) is 1. The summed E-state index contributed by atoms with van der Waals surface area (Å²) in [6.45, 7) is 0. The molecule has 0 heterocycles. The molecular weight excluding hydrogens is 184 g/mol. The molecule has 1 aromatic rings. The highest BCUT2D eigenvalue weighted by atomic mass is 35.5. The molecule has 1 aromatic carbocycles. The van der Waals surface area contributed by atoms with Gasteiger partial charge in [-0.25, -0.2) is 0 Å². The number of hydrogen-bond donors (Lipinski definition) is 1. The van der Waals surface area contributed by atoms with Crippen molar-refractivity contribution in [3.63, 3.8) is 0 Å². The van der Waals surface area contributed by atoms with Crippen molar-refractivity contribution in [2.45, 2.75) is 25.4 Å². The summed E-state index contributed by atoms with van der Waals surface area (Å²) in [5.74, 6) is 0.744. The predicted molar refractivity (Wildman–Crippen MR) is 53.8 cm³/mol. The molecule has 0 unspecified atom stereocenters. The first-order valence-electron chi connectivity index (χ1n) is 4.69. The van der Waals surface area contributed by atoms with E-state index in [1.165, 1.54) is 12.8 Å². The molecule has 0 aliphatic heterocycles. The number of aliphatic hydroxyl groups is 1. The molecule has 1 N–H and O–H groups in total. The molecule has 1 atom stereocenters. The molecular formula is C11H13ClO. The summed E-state index contributed by atoms with van der Waals surface area (Å²) in [5, 5.41) is 10.5. The van der Waals surface area contributed by atoms with E-state index < -0.39 is 0 Å². The molecule has 1 saturated carbocycles. The van der Waals surface area contributed by atoms with Crippen LogP contribution in [0.4, 0.5) is 0 Å². The maximum Gasteiger partial charge on any atom is 0.0793 e. The molecule has 1 fully saturated rings. The molecule has 13 heavy (non-hydrogen) atoms. The van der Waals surface area contributed by atoms with Crippen molar-refractivity contribution in [3.8, 4) is 0 Å². The first-order chi connectivity index (χ1) is 6.25. The van der Waals surface area contributed by atoms with E-state index in [9.17, 15) is 5.11 Å². The van der Waals surface area contributed by atoms with E-state index in [1.54, 1.807) is 0 Å². The lowest BCUT2D eigenvalue weighted by atomic mass is 10.0. The minimum Gasteiger partial charge on any atom is -0.388 e. The summed E-state index contributed by atoms with van der Waals surface area (Å²) < 4.78 is 0. The number of benzene rings is 1. The van der Waals surface area contributed by atoms with Crippen molar-refractivity contribution in [2.24, 2.45) is 5.92 Å². The van der Waals surface area contributed by atoms with Gasteiger partial charge >= 0.3 is 0 Å². The van der Waals surface area contributed by atoms with E-state index in [0.29, 0.717) is 5.02 Å². The Kier molecular flexibility index (Phi) is 2.56. The Hall–Kier alpha value is -0.530. The topological polar surface area (TPSA) is 20.2 Å². The monoisotopic (exact) mass is 196 g/mol. The molecule has 0 amide bonds. The minimum absolute atomic E-state index is 0.328. The molecule has 1 aliphatic carbocycles. The molecule has 0 spiro atoms. The van der Waals surface area contributed by atoms with Crippen LogP contribution in [-0.2, 0) is 0 Å². The van der Waals surface area contributed by atoms with E-state index in [1.807, 2.05) is 24.3 Å². The fourth-order valence-corrected chi connectivity index (χ4v) is 1.72. The summed E-state index contributed by atoms with van der Waals surface area (Å²) in [6.07, 6.45) is 3.11. The normalized spacial score (nSPS) is 18.6. The van der Waals surface area contributed by atoms with Crippen LogP contribution in [0.5, 0.6) is 0 Å². The number of halogens is 1. The van der Waals surface area contributed by atoms with Crippen molar-refractivity contribution in [2.75, 3.05) is 0 Å². The van der Waals surface area contributed by atoms with Crippen molar-refractivity contribution in [1.29, 1.82) is 0 Å². The van der Waals surface area contributed by atoms with Crippen molar-refractivity contribution in [3.05, 3.63) is 34.9 Å². The molecule has 0 aromatic heterocycles. The molecule has 0 saturated heterocycles. The smallest absolute Gasteiger partial charge is 0.0793 e. The van der Waals surface area contributed by atoms with Gasteiger partial charge in [0.15, 0.2) is 0 Å². The van der Waals surface area contributed by atoms with Gasteiger partial charge in [0.05, 0.1) is 6.10 Å². The second-order valence-corrected chi connectivity index (χ2v) is 4.19. The van der Waals surface area contributed by atoms with Gasteiger partial charge in [-0.1, -0.05) is 36.6 Å². The van der Waals surface area contributed by atoms with Gasteiger partial charge in [0, 0.05) is 5.02 Å². The van der Waals surface area contributed by atoms with E-state index in [0.717, 1.165) is 17.9 Å². The first-order valence-corrected chi connectivity index (χ1v) is 5.07. The van der Waals surface area contributed by atoms with Crippen LogP contribution in [0, 0.1) is 5.92 Å². The summed E-state index contributed by atoms with van der Waals surface area (Å²) in [7, 11) is 0. The maximum absolute atomic E-state index is 9.80. The molecule has 1 nitrogen and oxygen atoms in total. The lowest BCUT2D eigenvalue weighted by Gasteiger charge is -2.09. The summed E-state index contributed by atoms with van der Waals surface area (Å²) >= 11 is 5.83. The molecule has 2 rings (SSSR count). The Morgan fingerprint density at radius 2 is 2.23 bits per heavy atom. The van der Waals surface area contributed by atoms with Crippen LogP contribution >= 0.6 is 11.6 Å². The lowest BCUT2D eigenvalue weighted by Crippen LogP contribution is -1.97. The van der Waals surface area contributed by atoms with E-state index in [2.05, 4.69) is 0 Å². The van der Waals surface area contributed by atoms with E-state index >= 15 is 0 Å². The maximum atomic E-state index is 9.80. The van der Waals surface area contributed by atoms with E-state index in [4.69, 9.17) is 11.6 Å². The summed E-state index contributed by atoms with van der Waals surface area (Å²) in [6, 6.07) is 7.48. The predicted octanol–water partition coefficient (Wildman–Crippen LogP) is 3.17. The second kappa shape index (κ2) is 3.69. The van der Waals surface area contributed by atoms with Crippen LogP contribution in [0.15, 0.2) is 24.3 Å². The largest absolute Gasteiger partial charge is 0.388 e. The number of aliphatic hydroxyl groups excluding tert-OH is 1. The fraction of sp³-hybridized carbons (Fsp3) is 0.455. The second-order valence-electron chi connectivity index (χ2n) is 3.75. The van der Waals surface area contributed by atoms with E-state index in [-0.39, 0.29) is 6.10 Å². The average Bonchev–Trinajstić information content (AvgIpc) is 2.88. The van der Waals surface area contributed by atoms with Gasteiger partial charge in [-0.15, -0.1) is 0 Å². The zero-order valence-electron chi connectivity index (χ0n) is 7.41. The van der Waals surface area contributed by atoms with Gasteiger partial charge in [-0.2, -0.15) is 0 Å². The van der Waals surface area contributed by atoms with Gasteiger partial charge in [0.1, 0.15) is 0 Å². The van der Waals surface area contributed by atoms with Crippen molar-refractivity contribution < 1.29 is 5.11 Å². The Morgan fingerprint density at radius 3 is 2.85 bits per heavy atom. The molecule has 2 heteroatoms.